The number of ketones is 1. The molecule has 1 atom stereocenters. The van der Waals surface area contributed by atoms with Crippen LogP contribution in [-0.4, -0.2) is 12.9 Å². The van der Waals surface area contributed by atoms with Crippen LogP contribution < -0.4 is 0 Å². The van der Waals surface area contributed by atoms with Crippen LogP contribution in [0, 0.1) is 5.82 Å². The van der Waals surface area contributed by atoms with E-state index in [-0.39, 0.29) is 11.6 Å². The van der Waals surface area contributed by atoms with Crippen LogP contribution in [0.5, 0.6) is 0 Å². The van der Waals surface area contributed by atoms with Gasteiger partial charge in [0.2, 0.25) is 0 Å². The molecule has 1 rings (SSSR count). The second-order valence-electron chi connectivity index (χ2n) is 3.39. The van der Waals surface area contributed by atoms with Gasteiger partial charge in [0.15, 0.2) is 5.78 Å². The van der Waals surface area contributed by atoms with E-state index in [0.717, 1.165) is 6.42 Å². The van der Waals surface area contributed by atoms with Crippen LogP contribution in [0.3, 0.4) is 0 Å². The van der Waals surface area contributed by atoms with Crippen molar-refractivity contribution in [1.82, 2.24) is 0 Å². The Labute approximate surface area is 89.1 Å². The van der Waals surface area contributed by atoms with E-state index in [0.29, 0.717) is 12.0 Å². The number of carbonyl (C=O) groups excluding carboxylic acids is 1. The molecule has 0 aliphatic carbocycles. The molecule has 2 nitrogen and oxygen atoms in total. The number of ether oxygens (including phenoxy) is 1. The van der Waals surface area contributed by atoms with Gasteiger partial charge in [-0.15, -0.1) is 0 Å². The molecule has 0 radical (unpaired) electrons. The number of halogens is 1. The van der Waals surface area contributed by atoms with Crippen LogP contribution in [-0.2, 0) is 9.53 Å². The molecule has 0 fully saturated rings. The summed E-state index contributed by atoms with van der Waals surface area (Å²) in [5, 5.41) is 0. The number of carbonyl (C=O) groups is 1. The molecular weight excluding hydrogens is 195 g/mol. The van der Waals surface area contributed by atoms with Crippen LogP contribution in [0.25, 0.3) is 0 Å². The first-order valence-corrected chi connectivity index (χ1v) is 5.00. The molecule has 0 spiro atoms. The fraction of sp³-hybridized carbons (Fsp3) is 0.417. The lowest BCUT2D eigenvalue weighted by atomic mass is 10.0. The predicted octanol–water partition coefficient (Wildman–Crippen LogP) is 2.88. The number of Topliss-reactive ketones (excluding diaryl/α,β-unsaturated/α-hetero) is 1. The van der Waals surface area contributed by atoms with Gasteiger partial charge in [-0.1, -0.05) is 19.1 Å². The van der Waals surface area contributed by atoms with Gasteiger partial charge in [0.05, 0.1) is 0 Å². The van der Waals surface area contributed by atoms with Gasteiger partial charge >= 0.3 is 0 Å². The zero-order valence-electron chi connectivity index (χ0n) is 9.00. The topological polar surface area (TPSA) is 26.3 Å². The van der Waals surface area contributed by atoms with Gasteiger partial charge in [-0.25, -0.2) is 4.39 Å². The lowest BCUT2D eigenvalue weighted by molar-refractivity contribution is -0.129. The van der Waals surface area contributed by atoms with E-state index in [4.69, 9.17) is 4.74 Å². The molecule has 0 aromatic heterocycles. The average Bonchev–Trinajstić information content (AvgIpc) is 2.19. The molecule has 3 heteroatoms. The molecule has 1 unspecified atom stereocenters. The zero-order valence-corrected chi connectivity index (χ0v) is 9.00. The fourth-order valence-electron chi connectivity index (χ4n) is 1.50. The van der Waals surface area contributed by atoms with Gasteiger partial charge in [-0.3, -0.25) is 4.79 Å². The molecule has 1 aromatic carbocycles. The SMILES string of the molecule is CCCC(=O)C(OC)c1cccc(F)c1. The zero-order chi connectivity index (χ0) is 11.3. The van der Waals surface area contributed by atoms with E-state index in [2.05, 4.69) is 0 Å². The molecule has 0 N–H and O–H groups in total. The van der Waals surface area contributed by atoms with Crippen LogP contribution in [0.15, 0.2) is 24.3 Å². The smallest absolute Gasteiger partial charge is 0.166 e. The Morgan fingerprint density at radius 3 is 2.80 bits per heavy atom. The number of benzene rings is 1. The summed E-state index contributed by atoms with van der Waals surface area (Å²) < 4.78 is 18.0. The largest absolute Gasteiger partial charge is 0.369 e. The minimum atomic E-state index is -0.638. The summed E-state index contributed by atoms with van der Waals surface area (Å²) in [5.41, 5.74) is 0.580. The quantitative estimate of drug-likeness (QED) is 0.747. The predicted molar refractivity (Wildman–Crippen MR) is 56.1 cm³/mol. The van der Waals surface area contributed by atoms with Crippen molar-refractivity contribution < 1.29 is 13.9 Å². The van der Waals surface area contributed by atoms with E-state index in [1.807, 2.05) is 6.92 Å². The van der Waals surface area contributed by atoms with Crippen molar-refractivity contribution in [1.29, 1.82) is 0 Å². The maximum Gasteiger partial charge on any atom is 0.166 e. The van der Waals surface area contributed by atoms with Crippen molar-refractivity contribution in [3.05, 3.63) is 35.6 Å². The van der Waals surface area contributed by atoms with Gasteiger partial charge in [-0.2, -0.15) is 0 Å². The standard InChI is InChI=1S/C12H15FO2/c1-3-5-11(14)12(15-2)9-6-4-7-10(13)8-9/h4,6-8,12H,3,5H2,1-2H3. The highest BCUT2D eigenvalue weighted by Gasteiger charge is 2.19. The molecule has 1 aromatic rings. The highest BCUT2D eigenvalue weighted by atomic mass is 19.1. The second kappa shape index (κ2) is 5.61. The van der Waals surface area contributed by atoms with E-state index in [1.54, 1.807) is 12.1 Å². The molecule has 0 heterocycles. The first-order valence-electron chi connectivity index (χ1n) is 5.00. The molecule has 0 bridgehead atoms. The van der Waals surface area contributed by atoms with Crippen LogP contribution in [0.4, 0.5) is 4.39 Å². The van der Waals surface area contributed by atoms with Crippen LogP contribution in [0.2, 0.25) is 0 Å². The number of rotatable bonds is 5. The minimum absolute atomic E-state index is 0.00870. The molecular formula is C12H15FO2. The maximum atomic E-state index is 12.9. The van der Waals surface area contributed by atoms with Gasteiger partial charge in [-0.05, 0) is 24.1 Å². The van der Waals surface area contributed by atoms with Crippen LogP contribution in [0.1, 0.15) is 31.4 Å². The van der Waals surface area contributed by atoms with Crippen molar-refractivity contribution in [3.8, 4) is 0 Å². The second-order valence-corrected chi connectivity index (χ2v) is 3.39. The highest BCUT2D eigenvalue weighted by molar-refractivity contribution is 5.84. The first kappa shape index (κ1) is 11.9. The molecule has 0 amide bonds. The van der Waals surface area contributed by atoms with Crippen molar-refractivity contribution in [3.63, 3.8) is 0 Å². The van der Waals surface area contributed by atoms with Gasteiger partial charge in [0, 0.05) is 13.5 Å². The summed E-state index contributed by atoms with van der Waals surface area (Å²) in [4.78, 5) is 11.6. The summed E-state index contributed by atoms with van der Waals surface area (Å²) in [5.74, 6) is -0.357. The van der Waals surface area contributed by atoms with Crippen LogP contribution >= 0.6 is 0 Å². The lowest BCUT2D eigenvalue weighted by Crippen LogP contribution is -2.14. The summed E-state index contributed by atoms with van der Waals surface area (Å²) >= 11 is 0. The summed E-state index contributed by atoms with van der Waals surface area (Å²) in [6.45, 7) is 1.93. The van der Waals surface area contributed by atoms with E-state index < -0.39 is 6.10 Å². The molecule has 15 heavy (non-hydrogen) atoms. The molecule has 0 aliphatic heterocycles. The van der Waals surface area contributed by atoms with Crippen molar-refractivity contribution >= 4 is 5.78 Å². The number of methoxy groups -OCH3 is 1. The molecule has 0 saturated heterocycles. The summed E-state index contributed by atoms with van der Waals surface area (Å²) in [7, 11) is 1.46. The number of hydrogen-bond acceptors (Lipinski definition) is 2. The minimum Gasteiger partial charge on any atom is -0.369 e. The Morgan fingerprint density at radius 2 is 2.27 bits per heavy atom. The fourth-order valence-corrected chi connectivity index (χ4v) is 1.50. The van der Waals surface area contributed by atoms with E-state index in [1.165, 1.54) is 19.2 Å². The Morgan fingerprint density at radius 1 is 1.53 bits per heavy atom. The van der Waals surface area contributed by atoms with Crippen molar-refractivity contribution in [2.24, 2.45) is 0 Å². The summed E-state index contributed by atoms with van der Waals surface area (Å²) in [6.07, 6.45) is 0.587. The third-order valence-corrected chi connectivity index (χ3v) is 2.18. The van der Waals surface area contributed by atoms with Crippen molar-refractivity contribution in [2.75, 3.05) is 7.11 Å². The average molecular weight is 210 g/mol. The normalized spacial score (nSPS) is 12.5. The Hall–Kier alpha value is -1.22. The Kier molecular flexibility index (Phi) is 4.43. The van der Waals surface area contributed by atoms with E-state index >= 15 is 0 Å². The highest BCUT2D eigenvalue weighted by Crippen LogP contribution is 2.20. The van der Waals surface area contributed by atoms with E-state index in [9.17, 15) is 9.18 Å². The maximum absolute atomic E-state index is 12.9. The van der Waals surface area contributed by atoms with Gasteiger partial charge in [0.25, 0.3) is 0 Å². The molecule has 0 aliphatic rings. The van der Waals surface area contributed by atoms with Gasteiger partial charge in [0.1, 0.15) is 11.9 Å². The van der Waals surface area contributed by atoms with Crippen molar-refractivity contribution in [2.45, 2.75) is 25.9 Å². The Balaban J connectivity index is 2.87. The monoisotopic (exact) mass is 210 g/mol. The Bertz CT molecular complexity index is 336. The summed E-state index contributed by atoms with van der Waals surface area (Å²) in [6, 6.07) is 5.96. The number of hydrogen-bond donors (Lipinski definition) is 0. The van der Waals surface area contributed by atoms with Gasteiger partial charge < -0.3 is 4.74 Å². The third kappa shape index (κ3) is 3.13. The molecule has 82 valence electrons. The molecule has 0 saturated carbocycles. The first-order chi connectivity index (χ1) is 7.19. The third-order valence-electron chi connectivity index (χ3n) is 2.18. The lowest BCUT2D eigenvalue weighted by Gasteiger charge is -2.13.